The third kappa shape index (κ3) is 3.71. The zero-order valence-corrected chi connectivity index (χ0v) is 14.6. The number of benzene rings is 2. The molecular weight excluding hydrogens is 342 g/mol. The van der Waals surface area contributed by atoms with Gasteiger partial charge in [0.05, 0.1) is 0 Å². The zero-order chi connectivity index (χ0) is 14.8. The smallest absolute Gasteiger partial charge is 0.0178 e. The average molecular weight is 362 g/mol. The topological polar surface area (TPSA) is 26.0 Å². The van der Waals surface area contributed by atoms with Crippen molar-refractivity contribution in [2.24, 2.45) is 5.73 Å². The molecule has 0 saturated carbocycles. The summed E-state index contributed by atoms with van der Waals surface area (Å²) in [6, 6.07) is 13.6. The number of rotatable bonds is 4. The maximum absolute atomic E-state index is 5.99. The number of hydrogen-bond acceptors (Lipinski definition) is 2. The number of halogens is 1. The maximum Gasteiger partial charge on any atom is 0.0178 e. The first-order chi connectivity index (χ1) is 10.1. The van der Waals surface area contributed by atoms with Gasteiger partial charge in [-0.05, 0) is 79.6 Å². The van der Waals surface area contributed by atoms with Gasteiger partial charge in [-0.1, -0.05) is 33.8 Å². The lowest BCUT2D eigenvalue weighted by molar-refractivity contribution is 0.729. The van der Waals surface area contributed by atoms with E-state index in [9.17, 15) is 0 Å². The minimum Gasteiger partial charge on any atom is -0.328 e. The molecular formula is C18H20BrNS. The van der Waals surface area contributed by atoms with Crippen LogP contribution < -0.4 is 5.73 Å². The summed E-state index contributed by atoms with van der Waals surface area (Å²) in [7, 11) is 0. The van der Waals surface area contributed by atoms with Crippen LogP contribution in [0.4, 0.5) is 0 Å². The van der Waals surface area contributed by atoms with Crippen molar-refractivity contribution in [2.75, 3.05) is 0 Å². The second-order valence-electron chi connectivity index (χ2n) is 5.82. The number of fused-ring (bicyclic) bond motifs is 1. The quantitative estimate of drug-likeness (QED) is 0.830. The van der Waals surface area contributed by atoms with E-state index in [1.165, 1.54) is 45.7 Å². The molecule has 1 aliphatic rings. The van der Waals surface area contributed by atoms with Crippen molar-refractivity contribution in [3.63, 3.8) is 0 Å². The van der Waals surface area contributed by atoms with Crippen LogP contribution in [0.3, 0.4) is 0 Å². The predicted molar refractivity (Wildman–Crippen MR) is 94.1 cm³/mol. The summed E-state index contributed by atoms with van der Waals surface area (Å²) in [5.41, 5.74) is 10.4. The van der Waals surface area contributed by atoms with E-state index in [1.54, 1.807) is 0 Å². The van der Waals surface area contributed by atoms with Crippen molar-refractivity contribution in [1.82, 2.24) is 0 Å². The summed E-state index contributed by atoms with van der Waals surface area (Å²) in [6.45, 7) is 2.06. The molecule has 1 unspecified atom stereocenters. The zero-order valence-electron chi connectivity index (χ0n) is 12.2. The van der Waals surface area contributed by atoms with Gasteiger partial charge >= 0.3 is 0 Å². The number of hydrogen-bond donors (Lipinski definition) is 1. The fourth-order valence-electron chi connectivity index (χ4n) is 2.89. The molecule has 2 N–H and O–H groups in total. The van der Waals surface area contributed by atoms with Gasteiger partial charge in [-0.3, -0.25) is 0 Å². The lowest BCUT2D eigenvalue weighted by Crippen LogP contribution is -2.18. The highest BCUT2D eigenvalue weighted by molar-refractivity contribution is 9.10. The van der Waals surface area contributed by atoms with Crippen molar-refractivity contribution in [3.8, 4) is 0 Å². The first kappa shape index (κ1) is 15.1. The molecule has 110 valence electrons. The summed E-state index contributed by atoms with van der Waals surface area (Å²) in [4.78, 5) is 2.65. The number of aryl methyl sites for hydroxylation is 2. The fraction of sp³-hybridized carbons (Fsp3) is 0.333. The van der Waals surface area contributed by atoms with Gasteiger partial charge in [0, 0.05) is 20.3 Å². The van der Waals surface area contributed by atoms with Crippen molar-refractivity contribution in [2.45, 2.75) is 48.4 Å². The molecule has 3 heteroatoms. The molecule has 0 aromatic heterocycles. The maximum atomic E-state index is 5.99. The van der Waals surface area contributed by atoms with Crippen LogP contribution in [0.5, 0.6) is 0 Å². The van der Waals surface area contributed by atoms with E-state index >= 15 is 0 Å². The van der Waals surface area contributed by atoms with E-state index in [1.807, 2.05) is 11.8 Å². The van der Waals surface area contributed by atoms with Crippen LogP contribution in [0.2, 0.25) is 0 Å². The van der Waals surface area contributed by atoms with Crippen LogP contribution in [0, 0.1) is 0 Å². The Morgan fingerprint density at radius 2 is 1.95 bits per heavy atom. The molecule has 2 aromatic carbocycles. The lowest BCUT2D eigenvalue weighted by Gasteiger charge is -2.12. The summed E-state index contributed by atoms with van der Waals surface area (Å²) < 4.78 is 1.12. The Balaban J connectivity index is 1.87. The molecule has 0 amide bonds. The van der Waals surface area contributed by atoms with E-state index in [-0.39, 0.29) is 6.04 Å². The first-order valence-electron chi connectivity index (χ1n) is 7.45. The summed E-state index contributed by atoms with van der Waals surface area (Å²) in [6.07, 6.45) is 4.69. The minimum atomic E-state index is 0.179. The molecule has 0 saturated heterocycles. The fourth-order valence-corrected chi connectivity index (χ4v) is 4.30. The Bertz CT molecular complexity index is 652. The number of nitrogens with two attached hydrogens (primary N) is 1. The predicted octanol–water partition coefficient (Wildman–Crippen LogP) is 4.98. The van der Waals surface area contributed by atoms with Gasteiger partial charge < -0.3 is 5.73 Å². The average Bonchev–Trinajstić information content (AvgIpc) is 2.88. The van der Waals surface area contributed by atoms with E-state index < -0.39 is 0 Å². The largest absolute Gasteiger partial charge is 0.328 e. The van der Waals surface area contributed by atoms with E-state index in [2.05, 4.69) is 59.3 Å². The normalized spacial score (nSPS) is 15.0. The molecule has 3 rings (SSSR count). The Kier molecular flexibility index (Phi) is 4.72. The van der Waals surface area contributed by atoms with Crippen LogP contribution in [0.15, 0.2) is 50.7 Å². The molecule has 0 radical (unpaired) electrons. The van der Waals surface area contributed by atoms with Gasteiger partial charge in [0.25, 0.3) is 0 Å². The van der Waals surface area contributed by atoms with Crippen molar-refractivity contribution in [3.05, 3.63) is 57.6 Å². The van der Waals surface area contributed by atoms with Crippen LogP contribution >= 0.6 is 27.7 Å². The van der Waals surface area contributed by atoms with Gasteiger partial charge in [-0.25, -0.2) is 0 Å². The van der Waals surface area contributed by atoms with Crippen molar-refractivity contribution >= 4 is 27.7 Å². The standard InChI is InChI=1S/C18H20BrNS/c1-12(20)9-15-10-16(19)6-8-18(15)21-17-7-5-13-3-2-4-14(13)11-17/h5-8,10-12H,2-4,9,20H2,1H3. The van der Waals surface area contributed by atoms with Gasteiger partial charge in [-0.15, -0.1) is 0 Å². The molecule has 0 spiro atoms. The lowest BCUT2D eigenvalue weighted by atomic mass is 10.1. The molecule has 1 atom stereocenters. The van der Waals surface area contributed by atoms with Crippen LogP contribution in [-0.2, 0) is 19.3 Å². The molecule has 2 aromatic rings. The molecule has 0 aliphatic heterocycles. The summed E-state index contributed by atoms with van der Waals surface area (Å²) in [5.74, 6) is 0. The van der Waals surface area contributed by atoms with Crippen LogP contribution in [-0.4, -0.2) is 6.04 Å². The second-order valence-corrected chi connectivity index (χ2v) is 7.85. The van der Waals surface area contributed by atoms with Crippen molar-refractivity contribution in [1.29, 1.82) is 0 Å². The summed E-state index contributed by atoms with van der Waals surface area (Å²) in [5, 5.41) is 0. The van der Waals surface area contributed by atoms with Gasteiger partial charge in [0.2, 0.25) is 0 Å². The van der Waals surface area contributed by atoms with Crippen LogP contribution in [0.25, 0.3) is 0 Å². The van der Waals surface area contributed by atoms with E-state index in [0.717, 1.165) is 10.9 Å². The molecule has 1 nitrogen and oxygen atoms in total. The van der Waals surface area contributed by atoms with E-state index in [4.69, 9.17) is 5.73 Å². The highest BCUT2D eigenvalue weighted by Crippen LogP contribution is 2.35. The second kappa shape index (κ2) is 6.55. The Labute approximate surface area is 139 Å². The minimum absolute atomic E-state index is 0.179. The van der Waals surface area contributed by atoms with Gasteiger partial charge in [0.1, 0.15) is 0 Å². The monoisotopic (exact) mass is 361 g/mol. The van der Waals surface area contributed by atoms with Gasteiger partial charge in [-0.2, -0.15) is 0 Å². The van der Waals surface area contributed by atoms with Crippen LogP contribution in [0.1, 0.15) is 30.0 Å². The summed E-state index contributed by atoms with van der Waals surface area (Å²) >= 11 is 5.42. The molecule has 21 heavy (non-hydrogen) atoms. The van der Waals surface area contributed by atoms with Crippen molar-refractivity contribution < 1.29 is 0 Å². The third-order valence-corrected chi connectivity index (χ3v) is 5.46. The first-order valence-corrected chi connectivity index (χ1v) is 9.06. The Hall–Kier alpha value is -0.770. The SMILES string of the molecule is CC(N)Cc1cc(Br)ccc1Sc1ccc2c(c1)CCC2. The molecule has 1 aliphatic carbocycles. The third-order valence-electron chi connectivity index (χ3n) is 3.86. The Morgan fingerprint density at radius 3 is 2.76 bits per heavy atom. The molecule has 0 heterocycles. The molecule has 0 bridgehead atoms. The highest BCUT2D eigenvalue weighted by Gasteiger charge is 2.12. The Morgan fingerprint density at radius 1 is 1.14 bits per heavy atom. The van der Waals surface area contributed by atoms with Gasteiger partial charge in [0.15, 0.2) is 0 Å². The molecule has 0 fully saturated rings. The van der Waals surface area contributed by atoms with E-state index in [0.29, 0.717) is 0 Å². The highest BCUT2D eigenvalue weighted by atomic mass is 79.9.